The SMILES string of the molecule is CC(=O)Nc1ccc2c(CN3CCN(c4ccc([N+](=O)[O-])cc4)CC3)cc(=O)oc2c1. The predicted octanol–water partition coefficient (Wildman–Crippen LogP) is 2.98. The van der Waals surface area contributed by atoms with E-state index in [1.807, 2.05) is 6.07 Å². The zero-order valence-corrected chi connectivity index (χ0v) is 17.0. The molecular weight excluding hydrogens is 400 g/mol. The fraction of sp³-hybridized carbons (Fsp3) is 0.273. The number of nitro benzene ring substituents is 1. The zero-order valence-electron chi connectivity index (χ0n) is 17.0. The van der Waals surface area contributed by atoms with Crippen molar-refractivity contribution in [2.75, 3.05) is 36.4 Å². The summed E-state index contributed by atoms with van der Waals surface area (Å²) in [6.45, 7) is 5.18. The minimum Gasteiger partial charge on any atom is -0.423 e. The van der Waals surface area contributed by atoms with E-state index in [-0.39, 0.29) is 11.6 Å². The zero-order chi connectivity index (χ0) is 22.0. The highest BCUT2D eigenvalue weighted by atomic mass is 16.6. The summed E-state index contributed by atoms with van der Waals surface area (Å²) in [6, 6.07) is 13.4. The lowest BCUT2D eigenvalue weighted by atomic mass is 10.1. The number of anilines is 2. The Morgan fingerprint density at radius 1 is 1.10 bits per heavy atom. The van der Waals surface area contributed by atoms with Gasteiger partial charge in [-0.25, -0.2) is 4.79 Å². The minimum absolute atomic E-state index is 0.0823. The van der Waals surface area contributed by atoms with Gasteiger partial charge in [0.05, 0.1) is 4.92 Å². The number of rotatable bonds is 5. The number of carbonyl (C=O) groups is 1. The van der Waals surface area contributed by atoms with Gasteiger partial charge in [-0.2, -0.15) is 0 Å². The summed E-state index contributed by atoms with van der Waals surface area (Å²) in [6.07, 6.45) is 0. The van der Waals surface area contributed by atoms with Crippen molar-refractivity contribution in [2.24, 2.45) is 0 Å². The Morgan fingerprint density at radius 3 is 2.45 bits per heavy atom. The van der Waals surface area contributed by atoms with Crippen molar-refractivity contribution in [2.45, 2.75) is 13.5 Å². The molecule has 0 saturated carbocycles. The van der Waals surface area contributed by atoms with Crippen LogP contribution in [0.3, 0.4) is 0 Å². The first-order chi connectivity index (χ1) is 14.9. The van der Waals surface area contributed by atoms with E-state index in [0.717, 1.165) is 42.8 Å². The van der Waals surface area contributed by atoms with Crippen molar-refractivity contribution in [1.29, 1.82) is 0 Å². The van der Waals surface area contributed by atoms with E-state index >= 15 is 0 Å². The van der Waals surface area contributed by atoms with Crippen LogP contribution in [0.15, 0.2) is 57.7 Å². The molecule has 0 radical (unpaired) electrons. The summed E-state index contributed by atoms with van der Waals surface area (Å²) in [5.41, 5.74) is 2.52. The van der Waals surface area contributed by atoms with Gasteiger partial charge in [-0.15, -0.1) is 0 Å². The van der Waals surface area contributed by atoms with Crippen molar-refractivity contribution in [3.8, 4) is 0 Å². The molecule has 3 aromatic rings. The van der Waals surface area contributed by atoms with Crippen LogP contribution in [0.25, 0.3) is 11.0 Å². The Morgan fingerprint density at radius 2 is 1.81 bits per heavy atom. The maximum atomic E-state index is 12.1. The number of nitro groups is 1. The first-order valence-electron chi connectivity index (χ1n) is 9.95. The lowest BCUT2D eigenvalue weighted by molar-refractivity contribution is -0.384. The average molecular weight is 422 g/mol. The van der Waals surface area contributed by atoms with Crippen LogP contribution in [0, 0.1) is 10.1 Å². The molecule has 1 N–H and O–H groups in total. The van der Waals surface area contributed by atoms with Crippen molar-refractivity contribution < 1.29 is 14.1 Å². The number of nitrogens with zero attached hydrogens (tertiary/aromatic N) is 3. The van der Waals surface area contributed by atoms with Gasteiger partial charge >= 0.3 is 5.63 Å². The Bertz CT molecular complexity index is 1180. The van der Waals surface area contributed by atoms with Gasteiger partial charge in [0, 0.05) is 80.7 Å². The molecule has 160 valence electrons. The highest BCUT2D eigenvalue weighted by Crippen LogP contribution is 2.24. The molecule has 1 aliphatic rings. The van der Waals surface area contributed by atoms with Crippen LogP contribution in [0.2, 0.25) is 0 Å². The molecule has 2 aromatic carbocycles. The van der Waals surface area contributed by atoms with E-state index in [1.54, 1.807) is 24.3 Å². The molecule has 4 rings (SSSR count). The molecule has 1 aromatic heterocycles. The van der Waals surface area contributed by atoms with E-state index in [2.05, 4.69) is 15.1 Å². The summed E-state index contributed by atoms with van der Waals surface area (Å²) in [5, 5.41) is 14.4. The highest BCUT2D eigenvalue weighted by molar-refractivity contribution is 5.92. The second kappa shape index (κ2) is 8.57. The van der Waals surface area contributed by atoms with Gasteiger partial charge in [-0.3, -0.25) is 19.8 Å². The minimum atomic E-state index is -0.424. The van der Waals surface area contributed by atoms with Crippen LogP contribution >= 0.6 is 0 Å². The maximum absolute atomic E-state index is 12.1. The Kier molecular flexibility index (Phi) is 5.68. The number of non-ortho nitro benzene ring substituents is 1. The largest absolute Gasteiger partial charge is 0.423 e. The smallest absolute Gasteiger partial charge is 0.336 e. The summed E-state index contributed by atoms with van der Waals surface area (Å²) < 4.78 is 5.33. The number of hydrogen-bond acceptors (Lipinski definition) is 7. The third-order valence-corrected chi connectivity index (χ3v) is 5.34. The summed E-state index contributed by atoms with van der Waals surface area (Å²) in [7, 11) is 0. The number of hydrogen-bond donors (Lipinski definition) is 1. The molecule has 1 saturated heterocycles. The quantitative estimate of drug-likeness (QED) is 0.382. The molecular formula is C22H22N4O5. The van der Waals surface area contributed by atoms with E-state index in [4.69, 9.17) is 4.42 Å². The molecule has 0 bridgehead atoms. The van der Waals surface area contributed by atoms with E-state index in [9.17, 15) is 19.7 Å². The average Bonchev–Trinajstić information content (AvgIpc) is 2.73. The van der Waals surface area contributed by atoms with Crippen LogP contribution < -0.4 is 15.8 Å². The van der Waals surface area contributed by atoms with E-state index < -0.39 is 10.5 Å². The summed E-state index contributed by atoms with van der Waals surface area (Å²) >= 11 is 0. The predicted molar refractivity (Wildman–Crippen MR) is 117 cm³/mol. The van der Waals surface area contributed by atoms with Crippen molar-refractivity contribution in [1.82, 2.24) is 4.90 Å². The molecule has 0 unspecified atom stereocenters. The molecule has 1 amide bonds. The molecule has 1 aliphatic heterocycles. The number of fused-ring (bicyclic) bond motifs is 1. The maximum Gasteiger partial charge on any atom is 0.336 e. The fourth-order valence-corrected chi connectivity index (χ4v) is 3.83. The van der Waals surface area contributed by atoms with Gasteiger partial charge in [0.1, 0.15) is 5.58 Å². The third-order valence-electron chi connectivity index (χ3n) is 5.34. The molecule has 1 fully saturated rings. The van der Waals surface area contributed by atoms with Gasteiger partial charge in [0.15, 0.2) is 0 Å². The molecule has 0 aliphatic carbocycles. The first-order valence-corrected chi connectivity index (χ1v) is 9.95. The van der Waals surface area contributed by atoms with Crippen LogP contribution in [0.1, 0.15) is 12.5 Å². The Labute approximate surface area is 178 Å². The van der Waals surface area contributed by atoms with Crippen molar-refractivity contribution in [3.05, 3.63) is 74.6 Å². The van der Waals surface area contributed by atoms with Gasteiger partial charge in [-0.05, 0) is 29.8 Å². The van der Waals surface area contributed by atoms with Gasteiger partial charge in [-0.1, -0.05) is 0 Å². The van der Waals surface area contributed by atoms with Crippen LogP contribution in [0.4, 0.5) is 17.1 Å². The highest BCUT2D eigenvalue weighted by Gasteiger charge is 2.19. The Balaban J connectivity index is 1.46. The summed E-state index contributed by atoms with van der Waals surface area (Å²) in [4.78, 5) is 38.2. The number of nitrogens with one attached hydrogen (secondary N) is 1. The lowest BCUT2D eigenvalue weighted by Crippen LogP contribution is -2.46. The number of amides is 1. The molecule has 0 atom stereocenters. The van der Waals surface area contributed by atoms with E-state index in [0.29, 0.717) is 17.8 Å². The molecule has 9 heteroatoms. The van der Waals surface area contributed by atoms with Gasteiger partial charge in [0.2, 0.25) is 5.91 Å². The topological polar surface area (TPSA) is 109 Å². The van der Waals surface area contributed by atoms with Crippen LogP contribution in [-0.2, 0) is 11.3 Å². The van der Waals surface area contributed by atoms with E-state index in [1.165, 1.54) is 25.1 Å². The summed E-state index contributed by atoms with van der Waals surface area (Å²) in [5.74, 6) is -0.191. The second-order valence-corrected chi connectivity index (χ2v) is 7.52. The van der Waals surface area contributed by atoms with Crippen LogP contribution in [-0.4, -0.2) is 41.9 Å². The van der Waals surface area contributed by atoms with Gasteiger partial charge in [0.25, 0.3) is 5.69 Å². The number of carbonyl (C=O) groups excluding carboxylic acids is 1. The molecule has 0 spiro atoms. The third kappa shape index (κ3) is 4.72. The number of benzene rings is 2. The van der Waals surface area contributed by atoms with Crippen molar-refractivity contribution >= 4 is 33.9 Å². The second-order valence-electron chi connectivity index (χ2n) is 7.52. The number of piperazine rings is 1. The van der Waals surface area contributed by atoms with Crippen molar-refractivity contribution in [3.63, 3.8) is 0 Å². The Hall–Kier alpha value is -3.72. The first kappa shape index (κ1) is 20.5. The fourth-order valence-electron chi connectivity index (χ4n) is 3.83. The molecule has 31 heavy (non-hydrogen) atoms. The standard InChI is InChI=1S/C22H22N4O5/c1-15(27)23-17-2-7-20-16(12-22(28)31-21(20)13-17)14-24-8-10-25(11-9-24)18-3-5-19(6-4-18)26(29)30/h2-7,12-13H,8-11,14H2,1H3,(H,23,27). The van der Waals surface area contributed by atoms with Crippen LogP contribution in [0.5, 0.6) is 0 Å². The monoisotopic (exact) mass is 422 g/mol. The lowest BCUT2D eigenvalue weighted by Gasteiger charge is -2.36. The molecule has 9 nitrogen and oxygen atoms in total. The normalized spacial score (nSPS) is 14.5. The molecule has 2 heterocycles. The van der Waals surface area contributed by atoms with Gasteiger partial charge < -0.3 is 14.6 Å².